The summed E-state index contributed by atoms with van der Waals surface area (Å²) in [6, 6.07) is 0. The van der Waals surface area contributed by atoms with Crippen LogP contribution >= 0.6 is 0 Å². The molecule has 11 nitrogen and oxygen atoms in total. The van der Waals surface area contributed by atoms with Gasteiger partial charge in [0, 0.05) is 69.4 Å². The number of aliphatic hydroxyl groups is 2. The number of fused-ring (bicyclic) bond motifs is 10. The molecular weight excluding hydrogens is 628 g/mol. The molecule has 4 saturated heterocycles. The first kappa shape index (κ1) is 32.7. The van der Waals surface area contributed by atoms with E-state index in [0.717, 1.165) is 50.2 Å². The zero-order chi connectivity index (χ0) is 33.9. The Morgan fingerprint density at radius 1 is 0.714 bits per heavy atom. The molecule has 9 rings (SSSR count). The molecule has 9 aliphatic rings. The molecule has 4 aliphatic heterocycles. The third kappa shape index (κ3) is 4.51. The molecule has 2 unspecified atom stereocenters. The molecule has 5 saturated carbocycles. The highest BCUT2D eigenvalue weighted by atomic mass is 16.6. The Balaban J connectivity index is 1.07. The Morgan fingerprint density at radius 3 is 1.78 bits per heavy atom. The summed E-state index contributed by atoms with van der Waals surface area (Å²) in [5, 5.41) is 26.4. The van der Waals surface area contributed by atoms with Crippen LogP contribution in [0.1, 0.15) is 51.4 Å². The smallest absolute Gasteiger partial charge is 0.310 e. The minimum atomic E-state index is -1.78. The maximum atomic E-state index is 14.7. The number of rotatable bonds is 4. The van der Waals surface area contributed by atoms with Gasteiger partial charge in [-0.2, -0.15) is 0 Å². The highest BCUT2D eigenvalue weighted by Gasteiger charge is 2.83. The number of carbonyl (C=O) groups excluding carboxylic acids is 3. The van der Waals surface area contributed by atoms with E-state index in [1.165, 1.54) is 0 Å². The number of ether oxygens (including phenoxy) is 4. The predicted molar refractivity (Wildman–Crippen MR) is 175 cm³/mol. The Labute approximate surface area is 288 Å². The molecule has 49 heavy (non-hydrogen) atoms. The molecule has 268 valence electrons. The number of ketones is 1. The maximum absolute atomic E-state index is 14.7. The third-order valence-corrected chi connectivity index (χ3v) is 15.2. The number of Topliss-reactive ketones (excluding diaryl/α,β-unsaturated/α-hetero) is 1. The van der Waals surface area contributed by atoms with Crippen molar-refractivity contribution in [2.24, 2.45) is 52.8 Å². The van der Waals surface area contributed by atoms with Gasteiger partial charge in [0.1, 0.15) is 29.2 Å². The van der Waals surface area contributed by atoms with Crippen molar-refractivity contribution in [3.05, 3.63) is 24.3 Å². The van der Waals surface area contributed by atoms with E-state index in [4.69, 9.17) is 18.9 Å². The molecular formula is C38H52N2O9. The van der Waals surface area contributed by atoms with Crippen molar-refractivity contribution in [1.82, 2.24) is 9.80 Å². The molecule has 5 aliphatic carbocycles. The maximum Gasteiger partial charge on any atom is 0.310 e. The summed E-state index contributed by atoms with van der Waals surface area (Å²) in [6.45, 7) is 15.8. The van der Waals surface area contributed by atoms with Crippen LogP contribution < -0.4 is 0 Å². The third-order valence-electron chi connectivity index (χ3n) is 15.2. The summed E-state index contributed by atoms with van der Waals surface area (Å²) >= 11 is 0. The second-order valence-electron chi connectivity index (χ2n) is 16.9. The topological polar surface area (TPSA) is 135 Å². The van der Waals surface area contributed by atoms with Gasteiger partial charge in [0.05, 0.1) is 43.7 Å². The quantitative estimate of drug-likeness (QED) is 0.332. The van der Waals surface area contributed by atoms with Crippen molar-refractivity contribution in [1.29, 1.82) is 0 Å². The SMILES string of the molecule is C=C1CC[C@H]2C(CN3CCOCC3)C(=O)O[C@@H]2[C@@H]2[C@H]1C[C@@]1(O)[C@]2(O)CC[C@]12C(=O)C[C@H]1C(=C)CC[C@H]3C(CN4CCOCC4)C(=O)O[C@@H]3[C@H]12. The van der Waals surface area contributed by atoms with Gasteiger partial charge < -0.3 is 29.2 Å². The van der Waals surface area contributed by atoms with Crippen LogP contribution in [0.25, 0.3) is 0 Å². The molecule has 9 fully saturated rings. The van der Waals surface area contributed by atoms with E-state index < -0.39 is 40.7 Å². The number of esters is 2. The van der Waals surface area contributed by atoms with Gasteiger partial charge in [0.2, 0.25) is 0 Å². The van der Waals surface area contributed by atoms with Crippen LogP contribution in [0, 0.1) is 52.8 Å². The van der Waals surface area contributed by atoms with Crippen molar-refractivity contribution in [3.8, 4) is 0 Å². The number of morpholine rings is 2. The van der Waals surface area contributed by atoms with E-state index in [1.807, 2.05) is 0 Å². The van der Waals surface area contributed by atoms with E-state index in [9.17, 15) is 24.6 Å². The van der Waals surface area contributed by atoms with E-state index in [-0.39, 0.29) is 72.5 Å². The molecule has 11 heteroatoms. The second kappa shape index (κ2) is 11.7. The Bertz CT molecular complexity index is 1440. The van der Waals surface area contributed by atoms with Crippen molar-refractivity contribution in [2.75, 3.05) is 65.7 Å². The molecule has 1 spiro atoms. The number of hydrogen-bond acceptors (Lipinski definition) is 11. The zero-order valence-corrected chi connectivity index (χ0v) is 28.6. The van der Waals surface area contributed by atoms with Gasteiger partial charge in [0.15, 0.2) is 0 Å². The van der Waals surface area contributed by atoms with E-state index in [2.05, 4.69) is 23.0 Å². The zero-order valence-electron chi connectivity index (χ0n) is 28.6. The van der Waals surface area contributed by atoms with Crippen molar-refractivity contribution in [2.45, 2.75) is 74.8 Å². The number of hydrogen-bond donors (Lipinski definition) is 2. The first-order valence-electron chi connectivity index (χ1n) is 18.9. The van der Waals surface area contributed by atoms with Crippen LogP contribution in [0.5, 0.6) is 0 Å². The summed E-state index contributed by atoms with van der Waals surface area (Å²) in [5.74, 6) is -2.94. The first-order chi connectivity index (χ1) is 23.6. The minimum Gasteiger partial charge on any atom is -0.461 e. The van der Waals surface area contributed by atoms with Crippen LogP contribution in [0.3, 0.4) is 0 Å². The molecule has 0 aromatic rings. The fourth-order valence-corrected chi connectivity index (χ4v) is 12.9. The summed E-state index contributed by atoms with van der Waals surface area (Å²) in [6.07, 6.45) is 2.71. The summed E-state index contributed by atoms with van der Waals surface area (Å²) in [7, 11) is 0. The fourth-order valence-electron chi connectivity index (χ4n) is 12.9. The van der Waals surface area contributed by atoms with Crippen LogP contribution in [-0.2, 0) is 33.3 Å². The minimum absolute atomic E-state index is 0.0531. The average molecular weight is 681 g/mol. The van der Waals surface area contributed by atoms with E-state index >= 15 is 0 Å². The van der Waals surface area contributed by atoms with Crippen LogP contribution in [0.15, 0.2) is 24.3 Å². The number of nitrogens with zero attached hydrogens (tertiary/aromatic N) is 2. The van der Waals surface area contributed by atoms with Crippen molar-refractivity contribution in [3.63, 3.8) is 0 Å². The van der Waals surface area contributed by atoms with Gasteiger partial charge in [-0.3, -0.25) is 24.2 Å². The molecule has 0 bridgehead atoms. The fraction of sp³-hybridized carbons (Fsp3) is 0.816. The molecule has 0 aromatic heterocycles. The molecule has 0 aromatic carbocycles. The molecule has 4 heterocycles. The monoisotopic (exact) mass is 680 g/mol. The van der Waals surface area contributed by atoms with Crippen LogP contribution in [0.4, 0.5) is 0 Å². The summed E-state index contributed by atoms with van der Waals surface area (Å²) in [4.78, 5) is 46.5. The second-order valence-corrected chi connectivity index (χ2v) is 16.9. The number of carbonyl (C=O) groups is 3. The standard InChI is InChI=1S/C38H52N2O9/c1-21-3-5-23-27(19-39-9-13-46-14-10-39)34(42)48-32(23)30-25(21)17-29(41)36(30)7-8-37(44)31-26(18-38(36,37)45)22(2)4-6-24-28(35(43)49-33(24)31)20-40-11-15-47-16-12-40/h23-28,30-33,44-45H,1-20H2/t23-,24-,25-,26-,27?,28?,30-,31-,32-,33-,36+,37-,38-/m0/s1. The predicted octanol–water partition coefficient (Wildman–Crippen LogP) is 1.75. The van der Waals surface area contributed by atoms with Crippen molar-refractivity contribution < 1.29 is 43.5 Å². The lowest BCUT2D eigenvalue weighted by Crippen LogP contribution is -2.63. The first-order valence-corrected chi connectivity index (χ1v) is 18.9. The van der Waals surface area contributed by atoms with E-state index in [1.54, 1.807) is 0 Å². The molecule has 13 atom stereocenters. The van der Waals surface area contributed by atoms with Gasteiger partial charge in [-0.25, -0.2) is 0 Å². The van der Waals surface area contributed by atoms with Crippen LogP contribution in [-0.4, -0.2) is 127 Å². The lowest BCUT2D eigenvalue weighted by atomic mass is 9.59. The molecule has 0 amide bonds. The van der Waals surface area contributed by atoms with E-state index in [0.29, 0.717) is 58.8 Å². The van der Waals surface area contributed by atoms with Crippen molar-refractivity contribution >= 4 is 17.7 Å². The molecule has 2 N–H and O–H groups in total. The van der Waals surface area contributed by atoms with Gasteiger partial charge in [0.25, 0.3) is 0 Å². The Hall–Kier alpha value is -2.15. The van der Waals surface area contributed by atoms with Crippen LogP contribution in [0.2, 0.25) is 0 Å². The molecule has 0 radical (unpaired) electrons. The highest BCUT2D eigenvalue weighted by Crippen LogP contribution is 2.74. The number of allylic oxidation sites excluding steroid dienone is 2. The Morgan fingerprint density at radius 2 is 1.22 bits per heavy atom. The summed E-state index contributed by atoms with van der Waals surface area (Å²) < 4.78 is 23.7. The lowest BCUT2D eigenvalue weighted by molar-refractivity contribution is -0.205. The average Bonchev–Trinajstić information content (AvgIpc) is 3.75. The largest absolute Gasteiger partial charge is 0.461 e. The highest BCUT2D eigenvalue weighted by molar-refractivity contribution is 5.91. The summed E-state index contributed by atoms with van der Waals surface area (Å²) in [5.41, 5.74) is -2.80. The lowest BCUT2D eigenvalue weighted by Gasteiger charge is -2.48. The van der Waals surface area contributed by atoms with Gasteiger partial charge in [-0.05, 0) is 56.8 Å². The normalized spacial score (nSPS) is 50.0. The Kier molecular flexibility index (Phi) is 7.81. The van der Waals surface area contributed by atoms with Gasteiger partial charge >= 0.3 is 11.9 Å². The van der Waals surface area contributed by atoms with Gasteiger partial charge in [-0.15, -0.1) is 0 Å². The van der Waals surface area contributed by atoms with Gasteiger partial charge in [-0.1, -0.05) is 24.3 Å².